The highest BCUT2D eigenvalue weighted by Crippen LogP contribution is 2.31. The molecule has 0 amide bonds. The van der Waals surface area contributed by atoms with Crippen LogP contribution in [0.4, 0.5) is 8.78 Å². The fourth-order valence-corrected chi connectivity index (χ4v) is 4.67. The molecule has 0 spiro atoms. The standard InChI is InChI=1S/C23H22F2N2O3S/c1-23(28,14-26(31(29)30)13-16-5-3-2-4-6-16)15-27-21-9-7-17(24)11-19(21)20-12-18(25)8-10-22(20)27/h2-12,28,31H,13-15H2,1H3. The fourth-order valence-electron chi connectivity index (χ4n) is 3.97. The van der Waals surface area contributed by atoms with Crippen LogP contribution in [0.1, 0.15) is 12.5 Å². The molecule has 0 aliphatic rings. The Morgan fingerprint density at radius 1 is 0.935 bits per heavy atom. The van der Waals surface area contributed by atoms with Gasteiger partial charge in [0.05, 0.1) is 12.1 Å². The Balaban J connectivity index is 1.69. The van der Waals surface area contributed by atoms with Gasteiger partial charge in [0, 0.05) is 34.9 Å². The first-order chi connectivity index (χ1) is 14.7. The predicted molar refractivity (Wildman–Crippen MR) is 117 cm³/mol. The SMILES string of the molecule is CC(O)(CN(Cc1ccccc1)[SH](=O)=O)Cn1c2ccc(F)cc2c2cc(F)ccc21. The molecular weight excluding hydrogens is 422 g/mol. The molecule has 4 rings (SSSR count). The summed E-state index contributed by atoms with van der Waals surface area (Å²) in [6.45, 7) is 1.59. The van der Waals surface area contributed by atoms with Crippen LogP contribution in [0.15, 0.2) is 66.7 Å². The Morgan fingerprint density at radius 2 is 1.48 bits per heavy atom. The van der Waals surface area contributed by atoms with Crippen LogP contribution >= 0.6 is 0 Å². The van der Waals surface area contributed by atoms with E-state index in [1.165, 1.54) is 28.6 Å². The van der Waals surface area contributed by atoms with Crippen molar-refractivity contribution in [1.82, 2.24) is 8.87 Å². The summed E-state index contributed by atoms with van der Waals surface area (Å²) in [5, 5.41) is 12.2. The molecule has 5 nitrogen and oxygen atoms in total. The molecule has 0 saturated carbocycles. The van der Waals surface area contributed by atoms with Gasteiger partial charge in [0.1, 0.15) is 11.6 Å². The Kier molecular flexibility index (Phi) is 5.79. The maximum Gasteiger partial charge on any atom is 0.204 e. The van der Waals surface area contributed by atoms with E-state index in [1.807, 2.05) is 30.3 Å². The number of thiol groups is 1. The lowest BCUT2D eigenvalue weighted by Gasteiger charge is -2.29. The Bertz CT molecular complexity index is 1250. The van der Waals surface area contributed by atoms with Gasteiger partial charge in [0.2, 0.25) is 10.9 Å². The molecule has 1 aromatic heterocycles. The summed E-state index contributed by atoms with van der Waals surface area (Å²) in [6, 6.07) is 17.5. The first kappa shape index (κ1) is 21.4. The zero-order chi connectivity index (χ0) is 22.2. The molecule has 1 atom stereocenters. The van der Waals surface area contributed by atoms with Crippen LogP contribution in [0.3, 0.4) is 0 Å². The van der Waals surface area contributed by atoms with Crippen LogP contribution < -0.4 is 0 Å². The van der Waals surface area contributed by atoms with Gasteiger partial charge in [-0.05, 0) is 48.9 Å². The molecule has 8 heteroatoms. The molecule has 1 N–H and O–H groups in total. The third-order valence-corrected chi connectivity index (χ3v) is 5.99. The van der Waals surface area contributed by atoms with Crippen molar-refractivity contribution in [3.8, 4) is 0 Å². The van der Waals surface area contributed by atoms with Crippen LogP contribution in [0.5, 0.6) is 0 Å². The number of fused-ring (bicyclic) bond motifs is 3. The average molecular weight is 445 g/mol. The van der Waals surface area contributed by atoms with Gasteiger partial charge in [-0.1, -0.05) is 30.3 Å². The van der Waals surface area contributed by atoms with Crippen molar-refractivity contribution < 1.29 is 22.3 Å². The van der Waals surface area contributed by atoms with E-state index in [9.17, 15) is 22.3 Å². The lowest BCUT2D eigenvalue weighted by atomic mass is 10.1. The van der Waals surface area contributed by atoms with E-state index in [1.54, 1.807) is 23.6 Å². The molecule has 0 fully saturated rings. The number of aliphatic hydroxyl groups is 1. The van der Waals surface area contributed by atoms with Gasteiger partial charge in [-0.2, -0.15) is 4.31 Å². The highest BCUT2D eigenvalue weighted by molar-refractivity contribution is 7.69. The summed E-state index contributed by atoms with van der Waals surface area (Å²) in [6.07, 6.45) is 0. The molecule has 1 unspecified atom stereocenters. The third-order valence-electron chi connectivity index (χ3n) is 5.25. The minimum absolute atomic E-state index is 0.0404. The Hall–Kier alpha value is -2.81. The summed E-state index contributed by atoms with van der Waals surface area (Å²) < 4.78 is 54.4. The van der Waals surface area contributed by atoms with Crippen LogP contribution in [0.2, 0.25) is 0 Å². The van der Waals surface area contributed by atoms with Crippen molar-refractivity contribution in [1.29, 1.82) is 0 Å². The van der Waals surface area contributed by atoms with Crippen LogP contribution in [0.25, 0.3) is 21.8 Å². The van der Waals surface area contributed by atoms with Gasteiger partial charge in [-0.15, -0.1) is 0 Å². The van der Waals surface area contributed by atoms with Crippen molar-refractivity contribution in [3.05, 3.63) is 83.9 Å². The van der Waals surface area contributed by atoms with Crippen molar-refractivity contribution in [2.45, 2.75) is 25.6 Å². The summed E-state index contributed by atoms with van der Waals surface area (Å²) in [5.41, 5.74) is 0.623. The second-order valence-corrected chi connectivity index (χ2v) is 8.99. The Labute approximate surface area is 180 Å². The van der Waals surface area contributed by atoms with Crippen LogP contribution in [-0.2, 0) is 24.0 Å². The lowest BCUT2D eigenvalue weighted by Crippen LogP contribution is -2.43. The minimum atomic E-state index is -2.93. The van der Waals surface area contributed by atoms with Gasteiger partial charge < -0.3 is 9.67 Å². The van der Waals surface area contributed by atoms with Gasteiger partial charge in [-0.3, -0.25) is 0 Å². The first-order valence-electron chi connectivity index (χ1n) is 9.76. The molecule has 0 aliphatic carbocycles. The zero-order valence-electron chi connectivity index (χ0n) is 16.8. The lowest BCUT2D eigenvalue weighted by molar-refractivity contribution is 0.0256. The molecule has 0 radical (unpaired) electrons. The number of hydrogen-bond donors (Lipinski definition) is 2. The molecule has 0 saturated heterocycles. The molecule has 1 heterocycles. The highest BCUT2D eigenvalue weighted by Gasteiger charge is 2.28. The van der Waals surface area contributed by atoms with E-state index >= 15 is 0 Å². The second-order valence-electron chi connectivity index (χ2n) is 7.95. The number of hydrogen-bond acceptors (Lipinski definition) is 3. The largest absolute Gasteiger partial charge is 0.387 e. The summed E-state index contributed by atoms with van der Waals surface area (Å²) in [5.74, 6) is -0.889. The van der Waals surface area contributed by atoms with E-state index in [4.69, 9.17) is 0 Å². The first-order valence-corrected chi connectivity index (χ1v) is 10.9. The number of rotatable bonds is 7. The number of nitrogens with zero attached hydrogens (tertiary/aromatic N) is 2. The number of benzene rings is 3. The molecule has 162 valence electrons. The molecule has 0 aliphatic heterocycles. The van der Waals surface area contributed by atoms with E-state index in [0.717, 1.165) is 5.56 Å². The van der Waals surface area contributed by atoms with Crippen LogP contribution in [0, 0.1) is 11.6 Å². The predicted octanol–water partition coefficient (Wildman–Crippen LogP) is 3.85. The van der Waals surface area contributed by atoms with Crippen molar-refractivity contribution in [2.24, 2.45) is 0 Å². The van der Waals surface area contributed by atoms with Crippen molar-refractivity contribution >= 4 is 32.7 Å². The Morgan fingerprint density at radius 3 is 2.00 bits per heavy atom. The van der Waals surface area contributed by atoms with E-state index in [-0.39, 0.29) is 19.6 Å². The van der Waals surface area contributed by atoms with Crippen molar-refractivity contribution in [2.75, 3.05) is 6.54 Å². The van der Waals surface area contributed by atoms with Crippen molar-refractivity contribution in [3.63, 3.8) is 0 Å². The van der Waals surface area contributed by atoms with Gasteiger partial charge in [0.15, 0.2) is 0 Å². The van der Waals surface area contributed by atoms with Gasteiger partial charge in [0.25, 0.3) is 0 Å². The number of aromatic nitrogens is 1. The zero-order valence-corrected chi connectivity index (χ0v) is 17.7. The number of halogens is 2. The summed E-state index contributed by atoms with van der Waals surface area (Å²) >= 11 is 0. The minimum Gasteiger partial charge on any atom is -0.387 e. The smallest absolute Gasteiger partial charge is 0.204 e. The molecular formula is C23H22F2N2O3S. The van der Waals surface area contributed by atoms with E-state index in [2.05, 4.69) is 0 Å². The highest BCUT2D eigenvalue weighted by atomic mass is 32.2. The maximum absolute atomic E-state index is 13.9. The van der Waals surface area contributed by atoms with E-state index in [0.29, 0.717) is 21.8 Å². The molecule has 0 bridgehead atoms. The monoisotopic (exact) mass is 444 g/mol. The molecule has 4 aromatic rings. The van der Waals surface area contributed by atoms with Gasteiger partial charge in [-0.25, -0.2) is 17.2 Å². The normalized spacial score (nSPS) is 14.0. The van der Waals surface area contributed by atoms with Gasteiger partial charge >= 0.3 is 0 Å². The quantitative estimate of drug-likeness (QED) is 0.426. The van der Waals surface area contributed by atoms with Crippen LogP contribution in [-0.4, -0.2) is 34.5 Å². The summed E-state index contributed by atoms with van der Waals surface area (Å²) in [4.78, 5) is 0. The average Bonchev–Trinajstić information content (AvgIpc) is 2.99. The summed E-state index contributed by atoms with van der Waals surface area (Å²) in [7, 11) is -2.93. The fraction of sp³-hybridized carbons (Fsp3) is 0.217. The topological polar surface area (TPSA) is 62.5 Å². The molecule has 3 aromatic carbocycles. The maximum atomic E-state index is 13.9. The second kappa shape index (κ2) is 8.37. The third kappa shape index (κ3) is 4.61. The molecule has 31 heavy (non-hydrogen) atoms. The van der Waals surface area contributed by atoms with E-state index < -0.39 is 28.1 Å².